The summed E-state index contributed by atoms with van der Waals surface area (Å²) in [6, 6.07) is 8.03. The van der Waals surface area contributed by atoms with Gasteiger partial charge in [-0.1, -0.05) is 109 Å². The molecule has 33 heavy (non-hydrogen) atoms. The minimum atomic E-state index is -1.83. The van der Waals surface area contributed by atoms with Gasteiger partial charge in [-0.2, -0.15) is 0 Å². The Kier molecular flexibility index (Phi) is 20.9. The summed E-state index contributed by atoms with van der Waals surface area (Å²) < 4.78 is 11.0. The van der Waals surface area contributed by atoms with Crippen molar-refractivity contribution in [3.05, 3.63) is 42.0 Å². The molecule has 1 atom stereocenters. The highest BCUT2D eigenvalue weighted by Crippen LogP contribution is 2.35. The van der Waals surface area contributed by atoms with Crippen LogP contribution < -0.4 is 4.52 Å². The first-order valence-corrected chi connectivity index (χ1v) is 14.9. The van der Waals surface area contributed by atoms with Gasteiger partial charge in [0.15, 0.2) is 0 Å². The molecule has 1 rings (SSSR count). The minimum absolute atomic E-state index is 0.568. The van der Waals surface area contributed by atoms with Crippen molar-refractivity contribution in [3.63, 3.8) is 0 Å². The summed E-state index contributed by atoms with van der Waals surface area (Å²) in [5, 5.41) is 0. The highest BCUT2D eigenvalue weighted by molar-refractivity contribution is 7.41. The lowest BCUT2D eigenvalue weighted by atomic mass is 10.1. The Balaban J connectivity index is 1.88. The van der Waals surface area contributed by atoms with Gasteiger partial charge in [0, 0.05) is 0 Å². The molecule has 0 saturated carbocycles. The van der Waals surface area contributed by atoms with Crippen molar-refractivity contribution in [3.8, 4) is 5.75 Å². The smallest absolute Gasteiger partial charge is 0.394 e. The Morgan fingerprint density at radius 1 is 0.667 bits per heavy atom. The lowest BCUT2D eigenvalue weighted by Gasteiger charge is -2.12. The summed E-state index contributed by atoms with van der Waals surface area (Å²) in [6.07, 6.45) is 27.7. The molecule has 0 aromatic heterocycles. The van der Waals surface area contributed by atoms with Crippen LogP contribution in [-0.2, 0) is 10.9 Å². The van der Waals surface area contributed by atoms with E-state index in [0.717, 1.165) is 19.3 Å². The molecule has 0 radical (unpaired) electrons. The number of allylic oxidation sites excluding steroid dienone is 2. The number of aryl methyl sites for hydroxylation is 1. The van der Waals surface area contributed by atoms with Crippen LogP contribution in [0.1, 0.15) is 129 Å². The van der Waals surface area contributed by atoms with E-state index in [-0.39, 0.29) is 0 Å². The van der Waals surface area contributed by atoms with E-state index in [0.29, 0.717) is 12.4 Å². The van der Waals surface area contributed by atoms with E-state index < -0.39 is 8.60 Å². The topological polar surface area (TPSA) is 38.7 Å². The number of benzene rings is 1. The predicted octanol–water partition coefficient (Wildman–Crippen LogP) is 10.1. The van der Waals surface area contributed by atoms with Crippen molar-refractivity contribution >= 4 is 8.60 Å². The summed E-state index contributed by atoms with van der Waals surface area (Å²) in [5.74, 6) is 0.684. The Labute approximate surface area is 206 Å². The molecule has 0 amide bonds. The second-order valence-electron chi connectivity index (χ2n) is 9.20. The van der Waals surface area contributed by atoms with Gasteiger partial charge in [-0.05, 0) is 62.6 Å². The molecule has 0 fully saturated rings. The van der Waals surface area contributed by atoms with Gasteiger partial charge >= 0.3 is 8.60 Å². The molecule has 0 aliphatic rings. The maximum atomic E-state index is 9.98. The molecule has 0 aliphatic carbocycles. The zero-order valence-electron chi connectivity index (χ0n) is 21.6. The van der Waals surface area contributed by atoms with Crippen LogP contribution in [0, 0.1) is 0 Å². The quantitative estimate of drug-likeness (QED) is 0.0966. The molecule has 0 saturated heterocycles. The average molecular weight is 479 g/mol. The third-order valence-corrected chi connectivity index (χ3v) is 6.80. The SMILES string of the molecule is CCCCCCCCC=CCCCCCCCCOP(O)Oc1ccc(CCCCC)cc1. The van der Waals surface area contributed by atoms with Gasteiger partial charge in [0.25, 0.3) is 0 Å². The van der Waals surface area contributed by atoms with Gasteiger partial charge in [0.05, 0.1) is 6.61 Å². The van der Waals surface area contributed by atoms with E-state index in [1.165, 1.54) is 102 Å². The molecule has 1 aromatic rings. The van der Waals surface area contributed by atoms with Crippen LogP contribution in [0.3, 0.4) is 0 Å². The Hall–Kier alpha value is -0.890. The zero-order chi connectivity index (χ0) is 23.8. The predicted molar refractivity (Wildman–Crippen MR) is 145 cm³/mol. The standard InChI is InChI=1S/C29H51O3P/c1-3-5-7-8-9-10-11-12-13-14-15-16-17-18-19-21-27-31-33(30)32-29-25-23-28(24-26-29)22-20-6-4-2/h12-13,23-26,30H,3-11,14-22,27H2,1-2H3. The van der Waals surface area contributed by atoms with Gasteiger partial charge < -0.3 is 13.9 Å². The maximum absolute atomic E-state index is 9.98. The summed E-state index contributed by atoms with van der Waals surface area (Å²) >= 11 is 0. The van der Waals surface area contributed by atoms with Crippen LogP contribution in [-0.4, -0.2) is 11.5 Å². The molecule has 1 unspecified atom stereocenters. The highest BCUT2D eigenvalue weighted by Gasteiger charge is 2.08. The fourth-order valence-corrected chi connectivity index (χ4v) is 4.54. The van der Waals surface area contributed by atoms with Gasteiger partial charge in [-0.3, -0.25) is 0 Å². The van der Waals surface area contributed by atoms with E-state index in [1.807, 2.05) is 12.1 Å². The summed E-state index contributed by atoms with van der Waals surface area (Å²) in [5.41, 5.74) is 1.32. The summed E-state index contributed by atoms with van der Waals surface area (Å²) in [6.45, 7) is 5.06. The van der Waals surface area contributed by atoms with E-state index in [1.54, 1.807) is 0 Å². The summed E-state index contributed by atoms with van der Waals surface area (Å²) in [4.78, 5) is 9.98. The fourth-order valence-electron chi connectivity index (χ4n) is 3.90. The second-order valence-corrected chi connectivity index (χ2v) is 10.1. The molecule has 1 aromatic carbocycles. The molecular formula is C29H51O3P. The van der Waals surface area contributed by atoms with Crippen molar-refractivity contribution in [2.45, 2.75) is 129 Å². The second kappa shape index (κ2) is 22.9. The minimum Gasteiger partial charge on any atom is -0.427 e. The van der Waals surface area contributed by atoms with Crippen LogP contribution in [0.15, 0.2) is 36.4 Å². The number of hydrogen-bond donors (Lipinski definition) is 1. The van der Waals surface area contributed by atoms with Crippen LogP contribution in [0.2, 0.25) is 0 Å². The first-order chi connectivity index (χ1) is 16.3. The first-order valence-electron chi connectivity index (χ1n) is 13.8. The Morgan fingerprint density at radius 3 is 1.79 bits per heavy atom. The van der Waals surface area contributed by atoms with Crippen LogP contribution >= 0.6 is 8.60 Å². The van der Waals surface area contributed by atoms with Gasteiger partial charge in [0.2, 0.25) is 0 Å². The van der Waals surface area contributed by atoms with Gasteiger partial charge in [0.1, 0.15) is 5.75 Å². The molecular weight excluding hydrogens is 427 g/mol. The van der Waals surface area contributed by atoms with Crippen LogP contribution in [0.4, 0.5) is 0 Å². The van der Waals surface area contributed by atoms with E-state index >= 15 is 0 Å². The molecule has 0 bridgehead atoms. The molecule has 190 valence electrons. The lowest BCUT2D eigenvalue weighted by molar-refractivity contribution is 0.253. The van der Waals surface area contributed by atoms with E-state index in [2.05, 4.69) is 38.1 Å². The largest absolute Gasteiger partial charge is 0.427 e. The zero-order valence-corrected chi connectivity index (χ0v) is 22.5. The monoisotopic (exact) mass is 478 g/mol. The number of unbranched alkanes of at least 4 members (excludes halogenated alkanes) is 14. The van der Waals surface area contributed by atoms with Crippen LogP contribution in [0.5, 0.6) is 5.75 Å². The lowest BCUT2D eigenvalue weighted by Crippen LogP contribution is -1.95. The van der Waals surface area contributed by atoms with E-state index in [9.17, 15) is 4.89 Å². The Bertz CT molecular complexity index is 558. The number of hydrogen-bond acceptors (Lipinski definition) is 3. The maximum Gasteiger partial charge on any atom is 0.394 e. The molecule has 4 heteroatoms. The van der Waals surface area contributed by atoms with Crippen molar-refractivity contribution in [2.75, 3.05) is 6.61 Å². The average Bonchev–Trinajstić information content (AvgIpc) is 2.82. The first kappa shape index (κ1) is 30.1. The van der Waals surface area contributed by atoms with Crippen LogP contribution in [0.25, 0.3) is 0 Å². The third kappa shape index (κ3) is 19.1. The highest BCUT2D eigenvalue weighted by atomic mass is 31.2. The fraction of sp³-hybridized carbons (Fsp3) is 0.724. The van der Waals surface area contributed by atoms with Crippen molar-refractivity contribution in [2.24, 2.45) is 0 Å². The Morgan fingerprint density at radius 2 is 1.18 bits per heavy atom. The molecule has 1 N–H and O–H groups in total. The van der Waals surface area contributed by atoms with Crippen molar-refractivity contribution in [1.29, 1.82) is 0 Å². The normalized spacial score (nSPS) is 12.5. The molecule has 0 spiro atoms. The summed E-state index contributed by atoms with van der Waals surface area (Å²) in [7, 11) is -1.83. The molecule has 3 nitrogen and oxygen atoms in total. The van der Waals surface area contributed by atoms with E-state index in [4.69, 9.17) is 9.05 Å². The third-order valence-electron chi connectivity index (χ3n) is 6.03. The van der Waals surface area contributed by atoms with Crippen molar-refractivity contribution in [1.82, 2.24) is 0 Å². The van der Waals surface area contributed by atoms with Crippen molar-refractivity contribution < 1.29 is 13.9 Å². The molecule has 0 heterocycles. The molecule has 0 aliphatic heterocycles. The number of rotatable bonds is 23. The van der Waals surface area contributed by atoms with Gasteiger partial charge in [-0.15, -0.1) is 0 Å². The van der Waals surface area contributed by atoms with Gasteiger partial charge in [-0.25, -0.2) is 0 Å².